The molecule has 0 aliphatic heterocycles. The van der Waals surface area contributed by atoms with E-state index >= 15 is 0 Å². The second-order valence-corrected chi connectivity index (χ2v) is 8.88. The highest BCUT2D eigenvalue weighted by atomic mass is 14.5. The van der Waals surface area contributed by atoms with Crippen molar-refractivity contribution >= 4 is 0 Å². The third kappa shape index (κ3) is 8.93. The monoisotopic (exact) mass is 398 g/mol. The lowest BCUT2D eigenvalue weighted by atomic mass is 9.55. The fourth-order valence-corrected chi connectivity index (χ4v) is 4.00. The molecule has 0 saturated heterocycles. The minimum Gasteiger partial charge on any atom is -0.0880 e. The van der Waals surface area contributed by atoms with Gasteiger partial charge in [0, 0.05) is 11.3 Å². The topological polar surface area (TPSA) is 0 Å². The molecule has 0 heterocycles. The molecule has 0 fully saturated rings. The quantitative estimate of drug-likeness (QED) is 0.241. The molecule has 166 valence electrons. The molecule has 0 N–H and O–H groups in total. The third-order valence-corrected chi connectivity index (χ3v) is 6.01. The Kier molecular flexibility index (Phi) is 14.8. The van der Waals surface area contributed by atoms with Gasteiger partial charge in [-0.3, -0.25) is 0 Å². The van der Waals surface area contributed by atoms with Crippen LogP contribution in [-0.2, 0) is 0 Å². The van der Waals surface area contributed by atoms with Gasteiger partial charge in [-0.2, -0.15) is 0 Å². The van der Waals surface area contributed by atoms with Crippen LogP contribution in [0.25, 0.3) is 0 Å². The van der Waals surface area contributed by atoms with Gasteiger partial charge in [-0.15, -0.1) is 0 Å². The third-order valence-electron chi connectivity index (χ3n) is 6.01. The van der Waals surface area contributed by atoms with Gasteiger partial charge < -0.3 is 0 Å². The van der Waals surface area contributed by atoms with Gasteiger partial charge in [-0.25, -0.2) is 0 Å². The molecule has 0 aromatic rings. The van der Waals surface area contributed by atoms with E-state index in [-0.39, 0.29) is 10.8 Å². The highest BCUT2D eigenvalue weighted by molar-refractivity contribution is 5.31. The van der Waals surface area contributed by atoms with Crippen molar-refractivity contribution in [3.63, 3.8) is 0 Å². The zero-order chi connectivity index (χ0) is 22.2. The molecule has 0 bridgehead atoms. The van der Waals surface area contributed by atoms with E-state index in [1.807, 2.05) is 0 Å². The Morgan fingerprint density at radius 2 is 1.24 bits per heavy atom. The van der Waals surface area contributed by atoms with Crippen molar-refractivity contribution in [1.82, 2.24) is 0 Å². The van der Waals surface area contributed by atoms with Crippen LogP contribution in [0.15, 0.2) is 60.3 Å². The maximum atomic E-state index is 2.54. The standard InChI is InChI=1S/C29H50/c1-9-14-18-21-27(25-26(6)7)29(23-17-12-4,24-20-16-11-3)28(8,13-5)22-19-15-10-2/h17-25,27H,9-16H2,1-8H3. The zero-order valence-electron chi connectivity index (χ0n) is 20.9. The van der Waals surface area contributed by atoms with E-state index in [4.69, 9.17) is 0 Å². The van der Waals surface area contributed by atoms with Crippen LogP contribution in [0.4, 0.5) is 0 Å². The summed E-state index contributed by atoms with van der Waals surface area (Å²) in [5, 5.41) is 0. The van der Waals surface area contributed by atoms with Gasteiger partial charge in [0.2, 0.25) is 0 Å². The van der Waals surface area contributed by atoms with Gasteiger partial charge in [0.1, 0.15) is 0 Å². The van der Waals surface area contributed by atoms with Gasteiger partial charge >= 0.3 is 0 Å². The van der Waals surface area contributed by atoms with Crippen molar-refractivity contribution in [2.24, 2.45) is 16.7 Å². The molecule has 0 aromatic heterocycles. The second-order valence-electron chi connectivity index (χ2n) is 8.88. The van der Waals surface area contributed by atoms with Gasteiger partial charge in [-0.1, -0.05) is 121 Å². The molecular weight excluding hydrogens is 348 g/mol. The number of unbranched alkanes of at least 4 members (excludes halogenated alkanes) is 3. The van der Waals surface area contributed by atoms with Crippen molar-refractivity contribution in [1.29, 1.82) is 0 Å². The Morgan fingerprint density at radius 1 is 0.724 bits per heavy atom. The minimum absolute atomic E-state index is 0.0569. The predicted molar refractivity (Wildman–Crippen MR) is 135 cm³/mol. The highest BCUT2D eigenvalue weighted by Gasteiger charge is 2.45. The predicted octanol–water partition coefficient (Wildman–Crippen LogP) is 10.0. The smallest absolute Gasteiger partial charge is 0.0247 e. The summed E-state index contributed by atoms with van der Waals surface area (Å²) in [4.78, 5) is 0. The molecule has 0 aromatic carbocycles. The Bertz CT molecular complexity index is 553. The first-order chi connectivity index (χ1) is 13.9. The summed E-state index contributed by atoms with van der Waals surface area (Å²) in [5.74, 6) is 0.353. The van der Waals surface area contributed by atoms with Crippen molar-refractivity contribution in [2.45, 2.75) is 107 Å². The summed E-state index contributed by atoms with van der Waals surface area (Å²) in [6.45, 7) is 18.3. The van der Waals surface area contributed by atoms with Gasteiger partial charge in [0.15, 0.2) is 0 Å². The molecule has 0 spiro atoms. The van der Waals surface area contributed by atoms with Crippen LogP contribution < -0.4 is 0 Å². The van der Waals surface area contributed by atoms with E-state index < -0.39 is 0 Å². The van der Waals surface area contributed by atoms with Crippen LogP contribution in [0.5, 0.6) is 0 Å². The van der Waals surface area contributed by atoms with E-state index in [9.17, 15) is 0 Å². The molecule has 0 amide bonds. The largest absolute Gasteiger partial charge is 0.0880 e. The van der Waals surface area contributed by atoms with Gasteiger partial charge in [-0.05, 0) is 51.4 Å². The molecule has 0 aliphatic carbocycles. The Balaban J connectivity index is 6.80. The van der Waals surface area contributed by atoms with Crippen molar-refractivity contribution in [2.75, 3.05) is 0 Å². The first kappa shape index (κ1) is 27.7. The Hall–Kier alpha value is -1.30. The highest BCUT2D eigenvalue weighted by Crippen LogP contribution is 2.53. The lowest BCUT2D eigenvalue weighted by Gasteiger charge is -2.47. The van der Waals surface area contributed by atoms with E-state index in [0.29, 0.717) is 5.92 Å². The molecule has 0 heteroatoms. The van der Waals surface area contributed by atoms with Crippen molar-refractivity contribution < 1.29 is 0 Å². The van der Waals surface area contributed by atoms with Crippen LogP contribution in [0, 0.1) is 16.7 Å². The molecule has 0 saturated carbocycles. The van der Waals surface area contributed by atoms with E-state index in [1.165, 1.54) is 24.8 Å². The SMILES string of the molecule is CCC=CC(C=CCCC)(C(C=CCCC)C=C(C)C)C(C)(C=CCCC)CC. The molecule has 3 unspecified atom stereocenters. The average Bonchev–Trinajstić information content (AvgIpc) is 2.70. The summed E-state index contributed by atoms with van der Waals surface area (Å²) in [7, 11) is 0. The van der Waals surface area contributed by atoms with Crippen molar-refractivity contribution in [3.8, 4) is 0 Å². The number of allylic oxidation sites excluding steroid dienone is 10. The molecule has 3 atom stereocenters. The van der Waals surface area contributed by atoms with Crippen LogP contribution >= 0.6 is 0 Å². The lowest BCUT2D eigenvalue weighted by molar-refractivity contribution is 0.174. The average molecular weight is 399 g/mol. The molecule has 0 rings (SSSR count). The molecule has 0 radical (unpaired) electrons. The fraction of sp³-hybridized carbons (Fsp3) is 0.655. The van der Waals surface area contributed by atoms with Crippen molar-refractivity contribution in [3.05, 3.63) is 60.3 Å². The summed E-state index contributed by atoms with van der Waals surface area (Å²) >= 11 is 0. The Morgan fingerprint density at radius 3 is 1.72 bits per heavy atom. The molecule has 0 nitrogen and oxygen atoms in total. The summed E-state index contributed by atoms with van der Waals surface area (Å²) in [6.07, 6.45) is 31.4. The molecule has 0 aliphatic rings. The normalized spacial score (nSPS) is 17.9. The summed E-state index contributed by atoms with van der Waals surface area (Å²) < 4.78 is 0. The van der Waals surface area contributed by atoms with Crippen LogP contribution in [0.3, 0.4) is 0 Å². The Labute approximate surface area is 184 Å². The van der Waals surface area contributed by atoms with Gasteiger partial charge in [0.25, 0.3) is 0 Å². The number of hydrogen-bond acceptors (Lipinski definition) is 0. The van der Waals surface area contributed by atoms with E-state index in [2.05, 4.69) is 110 Å². The zero-order valence-corrected chi connectivity index (χ0v) is 20.9. The number of hydrogen-bond donors (Lipinski definition) is 0. The first-order valence-electron chi connectivity index (χ1n) is 12.2. The van der Waals surface area contributed by atoms with Crippen LogP contribution in [-0.4, -0.2) is 0 Å². The lowest BCUT2D eigenvalue weighted by Crippen LogP contribution is -2.40. The summed E-state index contributed by atoms with van der Waals surface area (Å²) in [5.41, 5.74) is 1.40. The van der Waals surface area contributed by atoms with E-state index in [1.54, 1.807) is 0 Å². The minimum atomic E-state index is -0.0569. The molecular formula is C29H50. The molecule has 29 heavy (non-hydrogen) atoms. The second kappa shape index (κ2) is 15.5. The maximum absolute atomic E-state index is 2.54. The number of rotatable bonds is 15. The van der Waals surface area contributed by atoms with Crippen LogP contribution in [0.1, 0.15) is 107 Å². The fourth-order valence-electron chi connectivity index (χ4n) is 4.00. The van der Waals surface area contributed by atoms with Crippen LogP contribution in [0.2, 0.25) is 0 Å². The maximum Gasteiger partial charge on any atom is 0.0247 e. The van der Waals surface area contributed by atoms with E-state index in [0.717, 1.165) is 32.1 Å². The van der Waals surface area contributed by atoms with Gasteiger partial charge in [0.05, 0.1) is 0 Å². The summed E-state index contributed by atoms with van der Waals surface area (Å²) in [6, 6.07) is 0. The first-order valence-corrected chi connectivity index (χ1v) is 12.2.